The van der Waals surface area contributed by atoms with E-state index in [4.69, 9.17) is 4.98 Å². The lowest BCUT2D eigenvalue weighted by Gasteiger charge is -2.10. The first-order valence-corrected chi connectivity index (χ1v) is 10.4. The van der Waals surface area contributed by atoms with Gasteiger partial charge in [-0.1, -0.05) is 60.7 Å². The molecule has 0 aliphatic heterocycles. The zero-order chi connectivity index (χ0) is 20.6. The molecule has 0 aliphatic carbocycles. The fraction of sp³-hybridized carbons (Fsp3) is 0.0370. The molecule has 0 aliphatic rings. The number of para-hydroxylation sites is 3. The Hall–Kier alpha value is -4.18. The van der Waals surface area contributed by atoms with E-state index in [0.29, 0.717) is 0 Å². The van der Waals surface area contributed by atoms with Crippen LogP contribution in [0.1, 0.15) is 5.56 Å². The number of benzene rings is 4. The summed E-state index contributed by atoms with van der Waals surface area (Å²) in [6.45, 7) is 0.805. The normalized spacial score (nSPS) is 11.4. The Balaban J connectivity index is 1.48. The largest absolute Gasteiger partial charge is 0.326 e. The van der Waals surface area contributed by atoms with Crippen LogP contribution >= 0.6 is 0 Å². The van der Waals surface area contributed by atoms with Gasteiger partial charge in [-0.15, -0.1) is 0 Å². The summed E-state index contributed by atoms with van der Waals surface area (Å²) < 4.78 is 4.41. The zero-order valence-electron chi connectivity index (χ0n) is 16.9. The van der Waals surface area contributed by atoms with Crippen molar-refractivity contribution in [1.82, 2.24) is 19.1 Å². The molecule has 0 N–H and O–H groups in total. The lowest BCUT2D eigenvalue weighted by molar-refractivity contribution is 0.824. The van der Waals surface area contributed by atoms with Crippen LogP contribution in [0.4, 0.5) is 0 Å². The highest BCUT2D eigenvalue weighted by atomic mass is 15.1. The molecule has 6 aromatic rings. The van der Waals surface area contributed by atoms with Gasteiger partial charge in [0.25, 0.3) is 0 Å². The number of imidazole rings is 2. The number of hydrogen-bond donors (Lipinski definition) is 0. The maximum atomic E-state index is 4.97. The van der Waals surface area contributed by atoms with Gasteiger partial charge in [0.2, 0.25) is 0 Å². The summed E-state index contributed by atoms with van der Waals surface area (Å²) in [5, 5.41) is 0. The van der Waals surface area contributed by atoms with Crippen LogP contribution in [0, 0.1) is 0 Å². The highest BCUT2D eigenvalue weighted by Crippen LogP contribution is 2.30. The van der Waals surface area contributed by atoms with Crippen molar-refractivity contribution < 1.29 is 0 Å². The maximum absolute atomic E-state index is 4.97. The van der Waals surface area contributed by atoms with Crippen LogP contribution in [-0.2, 0) is 6.54 Å². The van der Waals surface area contributed by atoms with Crippen molar-refractivity contribution in [2.75, 3.05) is 0 Å². The predicted molar refractivity (Wildman–Crippen MR) is 125 cm³/mol. The van der Waals surface area contributed by atoms with Gasteiger partial charge in [-0.05, 0) is 48.0 Å². The third kappa shape index (κ3) is 3.09. The van der Waals surface area contributed by atoms with Gasteiger partial charge in [-0.25, -0.2) is 9.97 Å². The number of fused-ring (bicyclic) bond motifs is 2. The van der Waals surface area contributed by atoms with E-state index < -0.39 is 0 Å². The summed E-state index contributed by atoms with van der Waals surface area (Å²) >= 11 is 0. The fourth-order valence-corrected chi connectivity index (χ4v) is 4.17. The van der Waals surface area contributed by atoms with Gasteiger partial charge in [-0.2, -0.15) is 0 Å². The molecule has 0 saturated carbocycles. The molecule has 4 heteroatoms. The Morgan fingerprint density at radius 2 is 1.39 bits per heavy atom. The van der Waals surface area contributed by atoms with E-state index in [2.05, 4.69) is 99.0 Å². The van der Waals surface area contributed by atoms with Crippen LogP contribution in [0.3, 0.4) is 0 Å². The minimum atomic E-state index is 0.805. The van der Waals surface area contributed by atoms with E-state index in [9.17, 15) is 0 Å². The van der Waals surface area contributed by atoms with Crippen molar-refractivity contribution in [1.29, 1.82) is 0 Å². The molecule has 0 amide bonds. The van der Waals surface area contributed by atoms with E-state index in [1.807, 2.05) is 24.5 Å². The van der Waals surface area contributed by atoms with Crippen molar-refractivity contribution >= 4 is 22.1 Å². The van der Waals surface area contributed by atoms with E-state index in [1.165, 1.54) is 5.56 Å². The summed E-state index contributed by atoms with van der Waals surface area (Å²) in [6.07, 6.45) is 1.92. The van der Waals surface area contributed by atoms with Crippen molar-refractivity contribution in [2.45, 2.75) is 6.54 Å². The summed E-state index contributed by atoms with van der Waals surface area (Å²) in [5.74, 6) is 0.923. The lowest BCUT2D eigenvalue weighted by atomic mass is 10.1. The van der Waals surface area contributed by atoms with Crippen molar-refractivity contribution in [3.63, 3.8) is 0 Å². The highest BCUT2D eigenvalue weighted by Gasteiger charge is 2.15. The van der Waals surface area contributed by atoms with Gasteiger partial charge in [0.15, 0.2) is 0 Å². The number of rotatable bonds is 4. The summed E-state index contributed by atoms with van der Waals surface area (Å²) in [6, 6.07) is 35.5. The lowest BCUT2D eigenvalue weighted by Crippen LogP contribution is -1.98. The molecule has 148 valence electrons. The van der Waals surface area contributed by atoms with Crippen LogP contribution < -0.4 is 0 Å². The predicted octanol–water partition coefficient (Wildman–Crippen LogP) is 6.09. The Morgan fingerprint density at radius 1 is 0.645 bits per heavy atom. The minimum absolute atomic E-state index is 0.805. The molecule has 0 fully saturated rings. The fourth-order valence-electron chi connectivity index (χ4n) is 4.17. The van der Waals surface area contributed by atoms with Crippen LogP contribution in [0.15, 0.2) is 109 Å². The summed E-state index contributed by atoms with van der Waals surface area (Å²) in [4.78, 5) is 9.65. The molecule has 0 radical (unpaired) electrons. The number of hydrogen-bond acceptors (Lipinski definition) is 2. The van der Waals surface area contributed by atoms with Gasteiger partial charge in [0, 0.05) is 17.8 Å². The van der Waals surface area contributed by atoms with Crippen LogP contribution in [-0.4, -0.2) is 19.1 Å². The maximum Gasteiger partial charge on any atom is 0.145 e. The van der Waals surface area contributed by atoms with Crippen LogP contribution in [0.2, 0.25) is 0 Å². The van der Waals surface area contributed by atoms with Crippen LogP contribution in [0.5, 0.6) is 0 Å². The smallest absolute Gasteiger partial charge is 0.145 e. The SMILES string of the molecule is c1ccc(Cn2cnc3cc(-c4nc5ccccc5n4-c4ccccc4)ccc32)cc1. The number of aromatic nitrogens is 4. The summed E-state index contributed by atoms with van der Waals surface area (Å²) in [5.41, 5.74) is 7.58. The molecule has 0 unspecified atom stereocenters. The monoisotopic (exact) mass is 400 g/mol. The van der Waals surface area contributed by atoms with Gasteiger partial charge >= 0.3 is 0 Å². The minimum Gasteiger partial charge on any atom is -0.326 e. The van der Waals surface area contributed by atoms with Gasteiger partial charge in [-0.3, -0.25) is 4.57 Å². The molecule has 4 aromatic carbocycles. The van der Waals surface area contributed by atoms with E-state index in [-0.39, 0.29) is 0 Å². The first kappa shape index (κ1) is 17.7. The molecular formula is C27H20N4. The second kappa shape index (κ2) is 7.26. The molecular weight excluding hydrogens is 380 g/mol. The molecule has 31 heavy (non-hydrogen) atoms. The second-order valence-corrected chi connectivity index (χ2v) is 7.66. The Labute approximate surface area is 180 Å². The molecule has 0 atom stereocenters. The molecule has 6 rings (SSSR count). The van der Waals surface area contributed by atoms with Gasteiger partial charge in [0.1, 0.15) is 5.82 Å². The van der Waals surface area contributed by atoms with Gasteiger partial charge < -0.3 is 4.57 Å². The first-order valence-electron chi connectivity index (χ1n) is 10.4. The quantitative estimate of drug-likeness (QED) is 0.359. The average Bonchev–Trinajstić information content (AvgIpc) is 3.41. The summed E-state index contributed by atoms with van der Waals surface area (Å²) in [7, 11) is 0. The molecule has 0 bridgehead atoms. The Kier molecular flexibility index (Phi) is 4.13. The molecule has 4 nitrogen and oxygen atoms in total. The molecule has 2 heterocycles. The van der Waals surface area contributed by atoms with Crippen molar-refractivity contribution in [3.8, 4) is 17.1 Å². The van der Waals surface area contributed by atoms with E-state index >= 15 is 0 Å². The third-order valence-electron chi connectivity index (χ3n) is 5.65. The van der Waals surface area contributed by atoms with Crippen molar-refractivity contribution in [3.05, 3.63) is 115 Å². The van der Waals surface area contributed by atoms with E-state index in [1.54, 1.807) is 0 Å². The zero-order valence-corrected chi connectivity index (χ0v) is 16.9. The Bertz CT molecular complexity index is 1490. The Morgan fingerprint density at radius 3 is 2.23 bits per heavy atom. The van der Waals surface area contributed by atoms with Crippen LogP contribution in [0.25, 0.3) is 39.1 Å². The standard InChI is InChI=1S/C27H20N4/c1-3-9-20(10-4-1)18-30-19-28-24-17-21(15-16-25(24)30)27-29-23-13-7-8-14-26(23)31(27)22-11-5-2-6-12-22/h1-17,19H,18H2. The highest BCUT2D eigenvalue weighted by molar-refractivity contribution is 5.86. The average molecular weight is 400 g/mol. The molecule has 0 spiro atoms. The number of nitrogens with zero attached hydrogens (tertiary/aromatic N) is 4. The third-order valence-corrected chi connectivity index (χ3v) is 5.65. The van der Waals surface area contributed by atoms with Crippen molar-refractivity contribution in [2.24, 2.45) is 0 Å². The molecule has 2 aromatic heterocycles. The first-order chi connectivity index (χ1) is 15.4. The topological polar surface area (TPSA) is 35.6 Å². The molecule has 0 saturated heterocycles. The van der Waals surface area contributed by atoms with Gasteiger partial charge in [0.05, 0.1) is 28.4 Å². The second-order valence-electron chi connectivity index (χ2n) is 7.66. The van der Waals surface area contributed by atoms with E-state index in [0.717, 1.165) is 45.7 Å².